The third kappa shape index (κ3) is 4.03. The van der Waals surface area contributed by atoms with Crippen LogP contribution in [0.4, 0.5) is 0 Å². The van der Waals surface area contributed by atoms with E-state index in [9.17, 15) is 0 Å². The predicted molar refractivity (Wildman–Crippen MR) is 158 cm³/mol. The van der Waals surface area contributed by atoms with Gasteiger partial charge in [0.2, 0.25) is 23.4 Å². The van der Waals surface area contributed by atoms with E-state index in [1.165, 1.54) is 0 Å². The number of fused-ring (bicyclic) bond motifs is 6. The molecule has 8 rings (SSSR count). The van der Waals surface area contributed by atoms with Crippen molar-refractivity contribution < 1.29 is 18.3 Å². The molecule has 0 bridgehead atoms. The maximum Gasteiger partial charge on any atom is 0.227 e. The first-order valence-electron chi connectivity index (χ1n) is 13.2. The number of ether oxygens (including phenoxy) is 2. The molecule has 0 aliphatic rings. The van der Waals surface area contributed by atoms with Crippen molar-refractivity contribution >= 4 is 44.0 Å². The molecule has 41 heavy (non-hydrogen) atoms. The van der Waals surface area contributed by atoms with Crippen LogP contribution >= 0.6 is 0 Å². The van der Waals surface area contributed by atoms with Crippen LogP contribution in [0.5, 0.6) is 23.4 Å². The number of para-hydroxylation sites is 3. The number of hydrogen-bond donors (Lipinski definition) is 0. The first-order valence-corrected chi connectivity index (χ1v) is 13.2. The number of rotatable bonds is 5. The van der Waals surface area contributed by atoms with Crippen LogP contribution in [0.2, 0.25) is 0 Å². The highest BCUT2D eigenvalue weighted by Gasteiger charge is 2.16. The van der Waals surface area contributed by atoms with Crippen molar-refractivity contribution in [2.75, 3.05) is 0 Å². The van der Waals surface area contributed by atoms with Gasteiger partial charge in [-0.15, -0.1) is 0 Å². The summed E-state index contributed by atoms with van der Waals surface area (Å²) in [6, 6.07) is 34.8. The SMILES string of the molecule is Cc1ccc2c(n1)oc1c(Oc3cccc(Oc4cccc(-c5cccc6c5oc5ccccc56)n4)n3)cccc12. The molecule has 3 aromatic carbocycles. The summed E-state index contributed by atoms with van der Waals surface area (Å²) < 4.78 is 24.5. The van der Waals surface area contributed by atoms with Crippen molar-refractivity contribution in [2.45, 2.75) is 6.92 Å². The van der Waals surface area contributed by atoms with Crippen LogP contribution in [-0.4, -0.2) is 15.0 Å². The third-order valence-corrected chi connectivity index (χ3v) is 6.99. The Morgan fingerprint density at radius 3 is 2.12 bits per heavy atom. The maximum absolute atomic E-state index is 6.20. The minimum atomic E-state index is 0.350. The van der Waals surface area contributed by atoms with E-state index >= 15 is 0 Å². The number of hydrogen-bond acceptors (Lipinski definition) is 7. The molecule has 0 radical (unpaired) electrons. The van der Waals surface area contributed by atoms with Crippen LogP contribution in [0.25, 0.3) is 55.3 Å². The van der Waals surface area contributed by atoms with E-state index in [1.807, 2.05) is 85.8 Å². The molecule has 7 nitrogen and oxygen atoms in total. The van der Waals surface area contributed by atoms with Crippen LogP contribution in [0.3, 0.4) is 0 Å². The second-order valence-electron chi connectivity index (χ2n) is 9.70. The Morgan fingerprint density at radius 1 is 0.512 bits per heavy atom. The molecule has 0 atom stereocenters. The average molecular weight is 536 g/mol. The minimum absolute atomic E-state index is 0.350. The third-order valence-electron chi connectivity index (χ3n) is 6.99. The fourth-order valence-corrected chi connectivity index (χ4v) is 5.13. The number of nitrogens with zero attached hydrogens (tertiary/aromatic N) is 3. The van der Waals surface area contributed by atoms with Gasteiger partial charge in [-0.2, -0.15) is 4.98 Å². The zero-order valence-electron chi connectivity index (χ0n) is 21.9. The summed E-state index contributed by atoms with van der Waals surface area (Å²) in [7, 11) is 0. The average Bonchev–Trinajstić information content (AvgIpc) is 3.56. The number of furan rings is 2. The van der Waals surface area contributed by atoms with E-state index in [-0.39, 0.29) is 0 Å². The molecule has 8 aromatic rings. The summed E-state index contributed by atoms with van der Waals surface area (Å²) in [6.07, 6.45) is 0. The van der Waals surface area contributed by atoms with Crippen molar-refractivity contribution in [1.29, 1.82) is 0 Å². The molecule has 0 N–H and O–H groups in total. The van der Waals surface area contributed by atoms with Gasteiger partial charge in [-0.1, -0.05) is 54.6 Å². The summed E-state index contributed by atoms with van der Waals surface area (Å²) in [5.74, 6) is 1.66. The second kappa shape index (κ2) is 9.20. The van der Waals surface area contributed by atoms with Gasteiger partial charge in [0, 0.05) is 51.0 Å². The Bertz CT molecular complexity index is 2250. The monoisotopic (exact) mass is 535 g/mol. The van der Waals surface area contributed by atoms with Crippen LogP contribution in [0.15, 0.2) is 118 Å². The second-order valence-corrected chi connectivity index (χ2v) is 9.70. The standard InChI is InChI=1S/C34H21N3O4/c1-20-18-19-24-23-10-5-14-28(33(23)41-34(24)35-20)38-30-16-7-17-31(37-30)40-29-15-6-12-26(36-29)25-11-4-9-22-21-8-2-3-13-27(21)39-32(22)25/h2-19H,1H3. The normalized spacial score (nSPS) is 11.5. The largest absolute Gasteiger partial charge is 0.455 e. The smallest absolute Gasteiger partial charge is 0.227 e. The van der Waals surface area contributed by atoms with Crippen molar-refractivity contribution in [3.63, 3.8) is 0 Å². The molecular weight excluding hydrogens is 514 g/mol. The van der Waals surface area contributed by atoms with Crippen LogP contribution in [0.1, 0.15) is 5.69 Å². The van der Waals surface area contributed by atoms with Crippen LogP contribution in [0, 0.1) is 6.92 Å². The lowest BCUT2D eigenvalue weighted by molar-refractivity contribution is 0.416. The van der Waals surface area contributed by atoms with E-state index in [0.717, 1.165) is 49.7 Å². The van der Waals surface area contributed by atoms with Gasteiger partial charge in [-0.05, 0) is 43.3 Å². The van der Waals surface area contributed by atoms with Crippen LogP contribution < -0.4 is 9.47 Å². The van der Waals surface area contributed by atoms with Gasteiger partial charge in [0.1, 0.15) is 11.2 Å². The van der Waals surface area contributed by atoms with Gasteiger partial charge in [0.15, 0.2) is 11.3 Å². The Kier molecular flexibility index (Phi) is 5.21. The summed E-state index contributed by atoms with van der Waals surface area (Å²) in [5, 5.41) is 3.98. The Balaban J connectivity index is 1.10. The summed E-state index contributed by atoms with van der Waals surface area (Å²) in [5.41, 5.74) is 5.33. The fourth-order valence-electron chi connectivity index (χ4n) is 5.13. The van der Waals surface area contributed by atoms with E-state index in [0.29, 0.717) is 34.7 Å². The van der Waals surface area contributed by atoms with E-state index in [4.69, 9.17) is 23.3 Å². The molecule has 0 unspecified atom stereocenters. The van der Waals surface area contributed by atoms with Crippen molar-refractivity contribution in [3.05, 3.63) is 115 Å². The van der Waals surface area contributed by atoms with Crippen molar-refractivity contribution in [3.8, 4) is 34.6 Å². The summed E-state index contributed by atoms with van der Waals surface area (Å²) in [4.78, 5) is 13.8. The van der Waals surface area contributed by atoms with Gasteiger partial charge < -0.3 is 18.3 Å². The molecule has 0 aliphatic carbocycles. The highest BCUT2D eigenvalue weighted by atomic mass is 16.5. The highest BCUT2D eigenvalue weighted by Crippen LogP contribution is 2.37. The van der Waals surface area contributed by atoms with Gasteiger partial charge in [-0.3, -0.25) is 0 Å². The Morgan fingerprint density at radius 2 is 1.22 bits per heavy atom. The van der Waals surface area contributed by atoms with Crippen molar-refractivity contribution in [2.24, 2.45) is 0 Å². The Hall–Kier alpha value is -5.69. The van der Waals surface area contributed by atoms with E-state index in [1.54, 1.807) is 18.2 Å². The number of aryl methyl sites for hydroxylation is 1. The van der Waals surface area contributed by atoms with Crippen molar-refractivity contribution in [1.82, 2.24) is 15.0 Å². The first kappa shape index (κ1) is 23.2. The van der Waals surface area contributed by atoms with Gasteiger partial charge in [0.25, 0.3) is 0 Å². The lowest BCUT2D eigenvalue weighted by Gasteiger charge is -2.09. The molecule has 5 aromatic heterocycles. The summed E-state index contributed by atoms with van der Waals surface area (Å²) >= 11 is 0. The van der Waals surface area contributed by atoms with E-state index in [2.05, 4.69) is 22.1 Å². The van der Waals surface area contributed by atoms with Gasteiger partial charge in [0.05, 0.1) is 5.69 Å². The predicted octanol–water partition coefficient (Wildman–Crippen LogP) is 9.23. The lowest BCUT2D eigenvalue weighted by Crippen LogP contribution is -1.94. The maximum atomic E-state index is 6.20. The quantitative estimate of drug-likeness (QED) is 0.217. The fraction of sp³-hybridized carbons (Fsp3) is 0.0294. The molecular formula is C34H21N3O4. The minimum Gasteiger partial charge on any atom is -0.455 e. The topological polar surface area (TPSA) is 83.4 Å². The molecule has 0 saturated heterocycles. The molecule has 0 amide bonds. The highest BCUT2D eigenvalue weighted by molar-refractivity contribution is 6.09. The lowest BCUT2D eigenvalue weighted by atomic mass is 10.1. The zero-order valence-corrected chi connectivity index (χ0v) is 21.9. The molecule has 0 spiro atoms. The Labute approximate surface area is 233 Å². The summed E-state index contributed by atoms with van der Waals surface area (Å²) in [6.45, 7) is 1.93. The first-order chi connectivity index (χ1) is 20.2. The number of aromatic nitrogens is 3. The van der Waals surface area contributed by atoms with Gasteiger partial charge >= 0.3 is 0 Å². The van der Waals surface area contributed by atoms with Crippen LogP contribution in [-0.2, 0) is 0 Å². The number of benzene rings is 3. The molecule has 5 heterocycles. The van der Waals surface area contributed by atoms with Gasteiger partial charge in [-0.25, -0.2) is 9.97 Å². The molecule has 196 valence electrons. The molecule has 0 saturated carbocycles. The molecule has 7 heteroatoms. The molecule has 0 fully saturated rings. The molecule has 0 aliphatic heterocycles. The zero-order chi connectivity index (χ0) is 27.3. The van der Waals surface area contributed by atoms with E-state index < -0.39 is 0 Å². The number of pyridine rings is 3.